The Bertz CT molecular complexity index is 433. The Morgan fingerprint density at radius 1 is 1.35 bits per heavy atom. The summed E-state index contributed by atoms with van der Waals surface area (Å²) in [5, 5.41) is 16.5. The Morgan fingerprint density at radius 3 is 2.78 bits per heavy atom. The molecule has 23 heavy (non-hydrogen) atoms. The zero-order valence-electron chi connectivity index (χ0n) is 13.8. The van der Waals surface area contributed by atoms with Gasteiger partial charge >= 0.3 is 0 Å². The van der Waals surface area contributed by atoms with Gasteiger partial charge in [-0.2, -0.15) is 0 Å². The molecule has 2 heterocycles. The number of hydrogen-bond acceptors (Lipinski definition) is 4. The average molecular weight is 436 g/mol. The first kappa shape index (κ1) is 20.2. The van der Waals surface area contributed by atoms with Gasteiger partial charge in [0.1, 0.15) is 11.9 Å². The molecule has 1 saturated heterocycles. The first-order valence-electron chi connectivity index (χ1n) is 8.25. The molecule has 1 unspecified atom stereocenters. The molecule has 0 spiro atoms. The van der Waals surface area contributed by atoms with Crippen LogP contribution in [0.15, 0.2) is 27.8 Å². The minimum Gasteiger partial charge on any atom is -0.467 e. The summed E-state index contributed by atoms with van der Waals surface area (Å²) >= 11 is 0. The van der Waals surface area contributed by atoms with E-state index >= 15 is 0 Å². The second-order valence-electron chi connectivity index (χ2n) is 5.58. The minimum atomic E-state index is -0.701. The summed E-state index contributed by atoms with van der Waals surface area (Å²) in [6.07, 6.45) is 4.84. The lowest BCUT2D eigenvalue weighted by Gasteiger charge is -2.26. The zero-order chi connectivity index (χ0) is 15.6. The van der Waals surface area contributed by atoms with Crippen LogP contribution in [0.5, 0.6) is 0 Å². The van der Waals surface area contributed by atoms with Crippen LogP contribution in [0.2, 0.25) is 0 Å². The van der Waals surface area contributed by atoms with Crippen molar-refractivity contribution in [1.82, 2.24) is 15.5 Å². The molecule has 0 amide bonds. The summed E-state index contributed by atoms with van der Waals surface area (Å²) < 4.78 is 5.18. The molecule has 0 bridgehead atoms. The summed E-state index contributed by atoms with van der Waals surface area (Å²) in [4.78, 5) is 6.90. The van der Waals surface area contributed by atoms with Gasteiger partial charge in [-0.05, 0) is 45.0 Å². The number of hydrogen-bond donors (Lipinski definition) is 3. The van der Waals surface area contributed by atoms with Crippen molar-refractivity contribution in [2.45, 2.75) is 32.3 Å². The predicted molar refractivity (Wildman–Crippen MR) is 103 cm³/mol. The first-order chi connectivity index (χ1) is 10.8. The molecule has 1 aliphatic rings. The molecule has 1 aliphatic heterocycles. The fraction of sp³-hybridized carbons (Fsp3) is 0.688. The van der Waals surface area contributed by atoms with Crippen molar-refractivity contribution in [3.05, 3.63) is 24.2 Å². The van der Waals surface area contributed by atoms with Gasteiger partial charge in [0.2, 0.25) is 0 Å². The SMILES string of the molecule is CCNC(=NCC(O)c1ccco1)NCCN1CCCCC1.I. The maximum absolute atomic E-state index is 9.99. The number of rotatable bonds is 7. The molecule has 132 valence electrons. The second kappa shape index (κ2) is 11.7. The number of piperidine rings is 1. The number of halogens is 1. The van der Waals surface area contributed by atoms with Gasteiger partial charge in [0.05, 0.1) is 12.8 Å². The summed E-state index contributed by atoms with van der Waals surface area (Å²) in [6, 6.07) is 3.53. The minimum absolute atomic E-state index is 0. The monoisotopic (exact) mass is 436 g/mol. The lowest BCUT2D eigenvalue weighted by Crippen LogP contribution is -2.42. The molecule has 2 rings (SSSR count). The van der Waals surface area contributed by atoms with Gasteiger partial charge < -0.3 is 25.1 Å². The Labute approximate surface area is 155 Å². The topological polar surface area (TPSA) is 73.0 Å². The van der Waals surface area contributed by atoms with Gasteiger partial charge in [-0.25, -0.2) is 0 Å². The van der Waals surface area contributed by atoms with E-state index in [2.05, 4.69) is 20.5 Å². The molecule has 0 aromatic carbocycles. The summed E-state index contributed by atoms with van der Waals surface area (Å²) in [5.74, 6) is 1.29. The van der Waals surface area contributed by atoms with Gasteiger partial charge in [-0.15, -0.1) is 24.0 Å². The first-order valence-corrected chi connectivity index (χ1v) is 8.25. The Hall–Kier alpha value is -0.800. The largest absolute Gasteiger partial charge is 0.467 e. The highest BCUT2D eigenvalue weighted by Gasteiger charge is 2.11. The van der Waals surface area contributed by atoms with Crippen LogP contribution in [0.25, 0.3) is 0 Å². The number of likely N-dealkylation sites (tertiary alicyclic amines) is 1. The van der Waals surface area contributed by atoms with Crippen LogP contribution in [-0.4, -0.2) is 55.2 Å². The van der Waals surface area contributed by atoms with Crippen LogP contribution in [0, 0.1) is 0 Å². The summed E-state index contributed by atoms with van der Waals surface area (Å²) in [6.45, 7) is 7.41. The predicted octanol–water partition coefficient (Wildman–Crippen LogP) is 1.97. The molecule has 1 aromatic heterocycles. The van der Waals surface area contributed by atoms with E-state index in [9.17, 15) is 5.11 Å². The number of nitrogens with one attached hydrogen (secondary N) is 2. The van der Waals surface area contributed by atoms with E-state index in [4.69, 9.17) is 4.42 Å². The fourth-order valence-electron chi connectivity index (χ4n) is 2.61. The summed E-state index contributed by atoms with van der Waals surface area (Å²) in [5.41, 5.74) is 0. The van der Waals surface area contributed by atoms with Crippen molar-refractivity contribution < 1.29 is 9.52 Å². The molecule has 6 nitrogen and oxygen atoms in total. The van der Waals surface area contributed by atoms with E-state index in [1.54, 1.807) is 18.4 Å². The maximum atomic E-state index is 9.99. The van der Waals surface area contributed by atoms with Crippen LogP contribution in [0.3, 0.4) is 0 Å². The highest BCUT2D eigenvalue weighted by atomic mass is 127. The van der Waals surface area contributed by atoms with Crippen molar-refractivity contribution in [3.63, 3.8) is 0 Å². The lowest BCUT2D eigenvalue weighted by molar-refractivity contribution is 0.158. The van der Waals surface area contributed by atoms with E-state index in [1.165, 1.54) is 32.4 Å². The van der Waals surface area contributed by atoms with Crippen LogP contribution in [0.4, 0.5) is 0 Å². The number of aliphatic hydroxyl groups is 1. The lowest BCUT2D eigenvalue weighted by atomic mass is 10.1. The highest BCUT2D eigenvalue weighted by Crippen LogP contribution is 2.12. The maximum Gasteiger partial charge on any atom is 0.191 e. The van der Waals surface area contributed by atoms with Crippen LogP contribution < -0.4 is 10.6 Å². The van der Waals surface area contributed by atoms with Gasteiger partial charge in [0, 0.05) is 19.6 Å². The standard InChI is InChI=1S/C16H28N4O2.HI/c1-2-17-16(18-8-11-20-9-4-3-5-10-20)19-13-14(21)15-7-6-12-22-15;/h6-7,12,14,21H,2-5,8-11,13H2,1H3,(H2,17,18,19);1H. The zero-order valence-corrected chi connectivity index (χ0v) is 16.2. The van der Waals surface area contributed by atoms with Crippen molar-refractivity contribution >= 4 is 29.9 Å². The van der Waals surface area contributed by atoms with E-state index in [0.717, 1.165) is 25.6 Å². The van der Waals surface area contributed by atoms with Crippen LogP contribution >= 0.6 is 24.0 Å². The fourth-order valence-corrected chi connectivity index (χ4v) is 2.61. The van der Waals surface area contributed by atoms with Gasteiger partial charge in [0.15, 0.2) is 5.96 Å². The van der Waals surface area contributed by atoms with E-state index in [1.807, 2.05) is 6.92 Å². The highest BCUT2D eigenvalue weighted by molar-refractivity contribution is 14.0. The molecular formula is C16H29IN4O2. The molecule has 0 radical (unpaired) electrons. The van der Waals surface area contributed by atoms with Crippen molar-refractivity contribution in [2.24, 2.45) is 4.99 Å². The van der Waals surface area contributed by atoms with Crippen LogP contribution in [0.1, 0.15) is 38.1 Å². The van der Waals surface area contributed by atoms with Crippen molar-refractivity contribution in [2.75, 3.05) is 39.3 Å². The molecule has 1 atom stereocenters. The summed E-state index contributed by atoms with van der Waals surface area (Å²) in [7, 11) is 0. The number of aliphatic hydroxyl groups excluding tert-OH is 1. The molecule has 1 fully saturated rings. The number of aliphatic imine (C=N–C) groups is 1. The smallest absolute Gasteiger partial charge is 0.191 e. The average Bonchev–Trinajstić information content (AvgIpc) is 3.08. The van der Waals surface area contributed by atoms with Crippen molar-refractivity contribution in [1.29, 1.82) is 0 Å². The third-order valence-electron chi connectivity index (χ3n) is 3.81. The van der Waals surface area contributed by atoms with Gasteiger partial charge in [-0.1, -0.05) is 6.42 Å². The molecule has 7 heteroatoms. The van der Waals surface area contributed by atoms with E-state index in [-0.39, 0.29) is 30.5 Å². The number of nitrogens with zero attached hydrogens (tertiary/aromatic N) is 2. The Kier molecular flexibility index (Phi) is 10.3. The van der Waals surface area contributed by atoms with Gasteiger partial charge in [0.25, 0.3) is 0 Å². The normalized spacial score (nSPS) is 17.4. The van der Waals surface area contributed by atoms with Crippen LogP contribution in [-0.2, 0) is 0 Å². The molecular weight excluding hydrogens is 407 g/mol. The van der Waals surface area contributed by atoms with Gasteiger partial charge in [-0.3, -0.25) is 4.99 Å². The number of guanidine groups is 1. The third-order valence-corrected chi connectivity index (χ3v) is 3.81. The van der Waals surface area contributed by atoms with E-state index in [0.29, 0.717) is 5.76 Å². The Morgan fingerprint density at radius 2 is 2.13 bits per heavy atom. The quantitative estimate of drug-likeness (QED) is 0.347. The molecule has 0 saturated carbocycles. The molecule has 0 aliphatic carbocycles. The van der Waals surface area contributed by atoms with E-state index < -0.39 is 6.10 Å². The molecule has 1 aromatic rings. The molecule has 3 N–H and O–H groups in total. The second-order valence-corrected chi connectivity index (χ2v) is 5.58. The number of furan rings is 1. The van der Waals surface area contributed by atoms with Crippen molar-refractivity contribution in [3.8, 4) is 0 Å². The Balaban J connectivity index is 0.00000264. The third kappa shape index (κ3) is 7.54.